The van der Waals surface area contributed by atoms with E-state index in [1.165, 1.54) is 0 Å². The number of aromatic nitrogens is 3. The van der Waals surface area contributed by atoms with Gasteiger partial charge in [0.15, 0.2) is 5.65 Å². The number of hydrogen-bond donors (Lipinski definition) is 1. The summed E-state index contributed by atoms with van der Waals surface area (Å²) in [7, 11) is 0. The predicted molar refractivity (Wildman–Crippen MR) is 93.6 cm³/mol. The van der Waals surface area contributed by atoms with Crippen LogP contribution in [0.15, 0.2) is 29.2 Å². The zero-order valence-electron chi connectivity index (χ0n) is 14.7. The van der Waals surface area contributed by atoms with Crippen molar-refractivity contribution < 1.29 is 9.84 Å². The Labute approximate surface area is 146 Å². The van der Waals surface area contributed by atoms with Crippen LogP contribution in [0, 0.1) is 5.41 Å². The topological polar surface area (TPSA) is 72.0 Å². The number of fused-ring (bicyclic) bond motifs is 1. The number of rotatable bonds is 5. The standard InChI is InChI=1S/C18H26N4O3/c1-2-25-15-13-14(23)18(15)6-9-20(10-7-18)11-12-22-17(24)21-8-4-3-5-16(21)19-22/h3-5,8,14-15,23H,2,6-7,9-13H2,1H3. The van der Waals surface area contributed by atoms with E-state index >= 15 is 0 Å². The average molecular weight is 346 g/mol. The quantitative estimate of drug-likeness (QED) is 0.865. The molecule has 1 spiro atoms. The van der Waals surface area contributed by atoms with Crippen LogP contribution in [0.2, 0.25) is 0 Å². The first-order valence-corrected chi connectivity index (χ1v) is 9.20. The van der Waals surface area contributed by atoms with Crippen molar-refractivity contribution in [2.45, 2.75) is 44.9 Å². The van der Waals surface area contributed by atoms with Gasteiger partial charge in [0.2, 0.25) is 0 Å². The monoisotopic (exact) mass is 346 g/mol. The number of hydrogen-bond acceptors (Lipinski definition) is 5. The Bertz CT molecular complexity index is 789. The van der Waals surface area contributed by atoms with E-state index in [9.17, 15) is 9.90 Å². The molecule has 1 N–H and O–H groups in total. The predicted octanol–water partition coefficient (Wildman–Crippen LogP) is 0.748. The van der Waals surface area contributed by atoms with Crippen LogP contribution in [0.25, 0.3) is 5.65 Å². The minimum Gasteiger partial charge on any atom is -0.392 e. The number of aliphatic hydroxyl groups excluding tert-OH is 1. The highest BCUT2D eigenvalue weighted by atomic mass is 16.5. The van der Waals surface area contributed by atoms with Gasteiger partial charge in [-0.05, 0) is 45.0 Å². The second kappa shape index (κ2) is 6.55. The van der Waals surface area contributed by atoms with Gasteiger partial charge in [0.05, 0.1) is 18.8 Å². The van der Waals surface area contributed by atoms with E-state index in [0.717, 1.165) is 38.9 Å². The molecule has 1 aliphatic heterocycles. The van der Waals surface area contributed by atoms with Gasteiger partial charge >= 0.3 is 5.69 Å². The number of nitrogens with zero attached hydrogens (tertiary/aromatic N) is 4. The lowest BCUT2D eigenvalue weighted by Crippen LogP contribution is -2.62. The first-order valence-electron chi connectivity index (χ1n) is 9.20. The fourth-order valence-electron chi connectivity index (χ4n) is 4.36. The Balaban J connectivity index is 1.36. The highest BCUT2D eigenvalue weighted by Crippen LogP contribution is 2.50. The maximum atomic E-state index is 12.3. The zero-order chi connectivity index (χ0) is 17.4. The Morgan fingerprint density at radius 1 is 1.32 bits per heavy atom. The third-order valence-electron chi connectivity index (χ3n) is 6.01. The molecule has 0 radical (unpaired) electrons. The van der Waals surface area contributed by atoms with Gasteiger partial charge in [-0.2, -0.15) is 0 Å². The Morgan fingerprint density at radius 3 is 2.80 bits per heavy atom. The smallest absolute Gasteiger partial charge is 0.350 e. The van der Waals surface area contributed by atoms with Crippen LogP contribution < -0.4 is 5.69 Å². The summed E-state index contributed by atoms with van der Waals surface area (Å²) in [5, 5.41) is 14.7. The maximum absolute atomic E-state index is 12.3. The molecule has 1 aliphatic carbocycles. The Hall–Kier alpha value is -1.70. The average Bonchev–Trinajstić information content (AvgIpc) is 2.96. The highest BCUT2D eigenvalue weighted by molar-refractivity contribution is 5.35. The van der Waals surface area contributed by atoms with E-state index in [0.29, 0.717) is 18.8 Å². The second-order valence-electron chi connectivity index (χ2n) is 7.20. The summed E-state index contributed by atoms with van der Waals surface area (Å²) in [5.74, 6) is 0. The van der Waals surface area contributed by atoms with Crippen molar-refractivity contribution in [2.24, 2.45) is 5.41 Å². The molecule has 2 atom stereocenters. The molecular formula is C18H26N4O3. The number of ether oxygens (including phenoxy) is 1. The number of likely N-dealkylation sites (tertiary alicyclic amines) is 1. The summed E-state index contributed by atoms with van der Waals surface area (Å²) in [6, 6.07) is 5.56. The summed E-state index contributed by atoms with van der Waals surface area (Å²) in [4.78, 5) is 14.7. The minimum absolute atomic E-state index is 0.0492. The molecule has 0 bridgehead atoms. The zero-order valence-corrected chi connectivity index (χ0v) is 14.7. The second-order valence-corrected chi connectivity index (χ2v) is 7.20. The lowest BCUT2D eigenvalue weighted by atomic mass is 9.58. The van der Waals surface area contributed by atoms with E-state index in [1.807, 2.05) is 25.1 Å². The van der Waals surface area contributed by atoms with Gasteiger partial charge < -0.3 is 14.7 Å². The van der Waals surface area contributed by atoms with Crippen molar-refractivity contribution in [3.63, 3.8) is 0 Å². The third-order valence-corrected chi connectivity index (χ3v) is 6.01. The molecule has 7 heteroatoms. The molecule has 3 heterocycles. The lowest BCUT2D eigenvalue weighted by Gasteiger charge is -2.56. The molecular weight excluding hydrogens is 320 g/mol. The van der Waals surface area contributed by atoms with E-state index in [2.05, 4.69) is 10.00 Å². The number of pyridine rings is 1. The molecule has 1 saturated heterocycles. The third kappa shape index (κ3) is 2.80. The van der Waals surface area contributed by atoms with E-state index in [-0.39, 0.29) is 23.3 Å². The summed E-state index contributed by atoms with van der Waals surface area (Å²) in [6.45, 7) is 5.98. The Kier molecular flexibility index (Phi) is 4.39. The maximum Gasteiger partial charge on any atom is 0.350 e. The minimum atomic E-state index is -0.229. The van der Waals surface area contributed by atoms with Gasteiger partial charge in [-0.15, -0.1) is 5.10 Å². The van der Waals surface area contributed by atoms with E-state index in [4.69, 9.17) is 4.74 Å². The molecule has 0 amide bonds. The fraction of sp³-hybridized carbons (Fsp3) is 0.667. The van der Waals surface area contributed by atoms with Crippen LogP contribution >= 0.6 is 0 Å². The summed E-state index contributed by atoms with van der Waals surface area (Å²) >= 11 is 0. The van der Waals surface area contributed by atoms with Crippen LogP contribution in [0.4, 0.5) is 0 Å². The molecule has 2 aliphatic rings. The van der Waals surface area contributed by atoms with Gasteiger partial charge in [-0.3, -0.25) is 4.40 Å². The van der Waals surface area contributed by atoms with Crippen LogP contribution in [0.3, 0.4) is 0 Å². The molecule has 2 aromatic heterocycles. The molecule has 4 rings (SSSR count). The highest BCUT2D eigenvalue weighted by Gasteiger charge is 2.55. The summed E-state index contributed by atoms with van der Waals surface area (Å²) in [6.07, 6.45) is 4.41. The molecule has 136 valence electrons. The SMILES string of the molecule is CCOC1CC(O)C12CCN(CCn1nc3ccccn3c1=O)CC2. The lowest BCUT2D eigenvalue weighted by molar-refractivity contribution is -0.209. The summed E-state index contributed by atoms with van der Waals surface area (Å²) in [5.41, 5.74) is 0.545. The number of aliphatic hydroxyl groups is 1. The van der Waals surface area contributed by atoms with Crippen LogP contribution in [0.1, 0.15) is 26.2 Å². The van der Waals surface area contributed by atoms with Crippen molar-refractivity contribution in [3.05, 3.63) is 34.9 Å². The number of piperidine rings is 1. The molecule has 2 unspecified atom stereocenters. The molecule has 0 aromatic carbocycles. The van der Waals surface area contributed by atoms with Crippen molar-refractivity contribution >= 4 is 5.65 Å². The van der Waals surface area contributed by atoms with Crippen molar-refractivity contribution in [1.29, 1.82) is 0 Å². The fourth-order valence-corrected chi connectivity index (χ4v) is 4.36. The molecule has 1 saturated carbocycles. The van der Waals surface area contributed by atoms with E-state index < -0.39 is 0 Å². The normalized spacial score (nSPS) is 26.2. The van der Waals surface area contributed by atoms with Crippen LogP contribution in [-0.4, -0.2) is 62.6 Å². The van der Waals surface area contributed by atoms with Gasteiger partial charge in [-0.25, -0.2) is 9.48 Å². The van der Waals surface area contributed by atoms with Gasteiger partial charge in [-0.1, -0.05) is 6.07 Å². The van der Waals surface area contributed by atoms with Gasteiger partial charge in [0.1, 0.15) is 0 Å². The Morgan fingerprint density at radius 2 is 2.12 bits per heavy atom. The van der Waals surface area contributed by atoms with Gasteiger partial charge in [0, 0.05) is 31.2 Å². The first-order chi connectivity index (χ1) is 12.1. The molecule has 2 aromatic rings. The van der Waals surface area contributed by atoms with Crippen LogP contribution in [-0.2, 0) is 11.3 Å². The molecule has 2 fully saturated rings. The van der Waals surface area contributed by atoms with Crippen molar-refractivity contribution in [3.8, 4) is 0 Å². The van der Waals surface area contributed by atoms with Crippen molar-refractivity contribution in [2.75, 3.05) is 26.2 Å². The van der Waals surface area contributed by atoms with Crippen LogP contribution in [0.5, 0.6) is 0 Å². The largest absolute Gasteiger partial charge is 0.392 e. The van der Waals surface area contributed by atoms with Crippen molar-refractivity contribution in [1.82, 2.24) is 19.1 Å². The molecule has 25 heavy (non-hydrogen) atoms. The van der Waals surface area contributed by atoms with Gasteiger partial charge in [0.25, 0.3) is 0 Å². The summed E-state index contributed by atoms with van der Waals surface area (Å²) < 4.78 is 8.93. The molecule has 7 nitrogen and oxygen atoms in total. The van der Waals surface area contributed by atoms with E-state index in [1.54, 1.807) is 15.3 Å². The first kappa shape index (κ1) is 16.8.